The van der Waals surface area contributed by atoms with Gasteiger partial charge in [0, 0.05) is 25.8 Å². The molecule has 0 aromatic carbocycles. The van der Waals surface area contributed by atoms with Gasteiger partial charge in [0.25, 0.3) is 5.91 Å². The van der Waals surface area contributed by atoms with Gasteiger partial charge in [0.2, 0.25) is 0 Å². The minimum atomic E-state index is -0.806. The summed E-state index contributed by atoms with van der Waals surface area (Å²) in [7, 11) is 0. The molecule has 1 fully saturated rings. The highest BCUT2D eigenvalue weighted by atomic mass is 16.4. The average Bonchev–Trinajstić information content (AvgIpc) is 3.05. The first kappa shape index (κ1) is 14.6. The molecule has 5 nitrogen and oxygen atoms in total. The Morgan fingerprint density at radius 3 is 2.65 bits per heavy atom. The summed E-state index contributed by atoms with van der Waals surface area (Å²) >= 11 is 0. The zero-order chi connectivity index (χ0) is 14.9. The van der Waals surface area contributed by atoms with Gasteiger partial charge in [-0.25, -0.2) is 0 Å². The first-order valence-corrected chi connectivity index (χ1v) is 7.10. The van der Waals surface area contributed by atoms with Gasteiger partial charge in [0.05, 0.1) is 5.41 Å². The summed E-state index contributed by atoms with van der Waals surface area (Å²) < 4.78 is 1.89. The van der Waals surface area contributed by atoms with Crippen molar-refractivity contribution < 1.29 is 14.7 Å². The molecule has 2 heterocycles. The van der Waals surface area contributed by atoms with Crippen molar-refractivity contribution in [2.24, 2.45) is 11.3 Å². The topological polar surface area (TPSA) is 62.5 Å². The fourth-order valence-corrected chi connectivity index (χ4v) is 2.95. The minimum Gasteiger partial charge on any atom is -0.481 e. The molecule has 0 radical (unpaired) electrons. The lowest BCUT2D eigenvalue weighted by atomic mass is 9.76. The lowest BCUT2D eigenvalue weighted by Crippen LogP contribution is -2.41. The molecule has 1 N–H and O–H groups in total. The molecule has 20 heavy (non-hydrogen) atoms. The second-order valence-electron chi connectivity index (χ2n) is 5.77. The summed E-state index contributed by atoms with van der Waals surface area (Å²) in [4.78, 5) is 25.8. The van der Waals surface area contributed by atoms with Crippen LogP contribution in [0.25, 0.3) is 0 Å². The van der Waals surface area contributed by atoms with Crippen molar-refractivity contribution in [1.82, 2.24) is 9.47 Å². The van der Waals surface area contributed by atoms with Crippen LogP contribution in [0.1, 0.15) is 37.7 Å². The number of carboxylic acid groups (broad SMARTS) is 1. The van der Waals surface area contributed by atoms with Crippen LogP contribution in [0.2, 0.25) is 0 Å². The van der Waals surface area contributed by atoms with E-state index < -0.39 is 11.4 Å². The Morgan fingerprint density at radius 2 is 2.15 bits per heavy atom. The molecule has 1 amide bonds. The molecular formula is C15H22N2O3. The van der Waals surface area contributed by atoms with E-state index in [0.29, 0.717) is 25.2 Å². The van der Waals surface area contributed by atoms with Crippen molar-refractivity contribution in [1.29, 1.82) is 0 Å². The quantitative estimate of drug-likeness (QED) is 0.917. The van der Waals surface area contributed by atoms with Gasteiger partial charge >= 0.3 is 5.97 Å². The van der Waals surface area contributed by atoms with Gasteiger partial charge in [0.15, 0.2) is 0 Å². The van der Waals surface area contributed by atoms with Crippen molar-refractivity contribution in [2.45, 2.75) is 33.7 Å². The Morgan fingerprint density at radius 1 is 1.45 bits per heavy atom. The fourth-order valence-electron chi connectivity index (χ4n) is 2.95. The van der Waals surface area contributed by atoms with E-state index in [1.807, 2.05) is 37.6 Å². The third kappa shape index (κ3) is 2.21. The molecular weight excluding hydrogens is 256 g/mol. The molecule has 0 aliphatic carbocycles. The van der Waals surface area contributed by atoms with E-state index in [9.17, 15) is 14.7 Å². The normalized spacial score (nSPS) is 22.5. The number of carboxylic acids is 1. The Hall–Kier alpha value is -1.78. The number of carbonyl (C=O) groups is 2. The maximum Gasteiger partial charge on any atom is 0.311 e. The summed E-state index contributed by atoms with van der Waals surface area (Å²) in [5, 5.41) is 9.52. The predicted molar refractivity (Wildman–Crippen MR) is 75.5 cm³/mol. The van der Waals surface area contributed by atoms with Gasteiger partial charge < -0.3 is 14.6 Å². The zero-order valence-electron chi connectivity index (χ0n) is 12.3. The highest BCUT2D eigenvalue weighted by Crippen LogP contribution is 2.38. The van der Waals surface area contributed by atoms with E-state index in [0.717, 1.165) is 6.54 Å². The SMILES string of the molecule is CCn1cccc1C(=O)N1CCC(C(=O)O)(C(C)C)C1. The van der Waals surface area contributed by atoms with Crippen LogP contribution in [0.3, 0.4) is 0 Å². The molecule has 1 aliphatic heterocycles. The van der Waals surface area contributed by atoms with Gasteiger partial charge in [-0.05, 0) is 31.4 Å². The number of carbonyl (C=O) groups excluding carboxylic acids is 1. The molecule has 1 atom stereocenters. The Kier molecular flexibility index (Phi) is 3.88. The largest absolute Gasteiger partial charge is 0.481 e. The number of rotatable bonds is 4. The van der Waals surface area contributed by atoms with Crippen molar-refractivity contribution in [3.63, 3.8) is 0 Å². The Bertz CT molecular complexity index is 521. The predicted octanol–water partition coefficient (Wildman–Crippen LogP) is 2.08. The number of hydrogen-bond acceptors (Lipinski definition) is 2. The number of amides is 1. The summed E-state index contributed by atoms with van der Waals surface area (Å²) in [5.74, 6) is -0.856. The Labute approximate surface area is 119 Å². The van der Waals surface area contributed by atoms with Crippen LogP contribution in [0.4, 0.5) is 0 Å². The number of aryl methyl sites for hydroxylation is 1. The summed E-state index contributed by atoms with van der Waals surface area (Å²) in [6.45, 7) is 7.35. The molecule has 1 aliphatic rings. The lowest BCUT2D eigenvalue weighted by Gasteiger charge is -2.28. The smallest absolute Gasteiger partial charge is 0.311 e. The van der Waals surface area contributed by atoms with Gasteiger partial charge in [-0.1, -0.05) is 13.8 Å². The van der Waals surface area contributed by atoms with Crippen LogP contribution in [0.15, 0.2) is 18.3 Å². The van der Waals surface area contributed by atoms with Crippen molar-refractivity contribution >= 4 is 11.9 Å². The minimum absolute atomic E-state index is 0.00996. The van der Waals surface area contributed by atoms with Crippen molar-refractivity contribution in [3.05, 3.63) is 24.0 Å². The number of hydrogen-bond donors (Lipinski definition) is 1. The molecule has 0 spiro atoms. The van der Waals surface area contributed by atoms with Crippen molar-refractivity contribution in [3.8, 4) is 0 Å². The highest BCUT2D eigenvalue weighted by molar-refractivity contribution is 5.93. The molecule has 1 unspecified atom stereocenters. The lowest BCUT2D eigenvalue weighted by molar-refractivity contribution is -0.150. The summed E-state index contributed by atoms with van der Waals surface area (Å²) in [5.41, 5.74) is -0.170. The first-order chi connectivity index (χ1) is 9.42. The third-order valence-corrected chi connectivity index (χ3v) is 4.51. The molecule has 5 heteroatoms. The van der Waals surface area contributed by atoms with Gasteiger partial charge in [-0.3, -0.25) is 9.59 Å². The molecule has 1 aromatic rings. The van der Waals surface area contributed by atoms with Crippen LogP contribution in [-0.2, 0) is 11.3 Å². The van der Waals surface area contributed by atoms with Crippen LogP contribution in [0.5, 0.6) is 0 Å². The third-order valence-electron chi connectivity index (χ3n) is 4.51. The zero-order valence-corrected chi connectivity index (χ0v) is 12.3. The molecule has 0 bridgehead atoms. The maximum absolute atomic E-state index is 12.5. The summed E-state index contributed by atoms with van der Waals surface area (Å²) in [6, 6.07) is 3.64. The number of aromatic nitrogens is 1. The first-order valence-electron chi connectivity index (χ1n) is 7.10. The average molecular weight is 278 g/mol. The van der Waals surface area contributed by atoms with E-state index in [-0.39, 0.29) is 11.8 Å². The van der Waals surface area contributed by atoms with Gasteiger partial charge in [-0.2, -0.15) is 0 Å². The highest BCUT2D eigenvalue weighted by Gasteiger charge is 2.48. The van der Waals surface area contributed by atoms with Crippen molar-refractivity contribution in [2.75, 3.05) is 13.1 Å². The van der Waals surface area contributed by atoms with E-state index in [1.54, 1.807) is 11.0 Å². The van der Waals surface area contributed by atoms with Crippen LogP contribution in [-0.4, -0.2) is 39.5 Å². The standard InChI is InChI=1S/C15H22N2O3/c1-4-16-8-5-6-12(16)13(18)17-9-7-15(10-17,11(2)3)14(19)20/h5-6,8,11H,4,7,9-10H2,1-3H3,(H,19,20). The van der Waals surface area contributed by atoms with E-state index in [4.69, 9.17) is 0 Å². The second-order valence-corrected chi connectivity index (χ2v) is 5.77. The van der Waals surface area contributed by atoms with Crippen LogP contribution >= 0.6 is 0 Å². The van der Waals surface area contributed by atoms with E-state index in [2.05, 4.69) is 0 Å². The second kappa shape index (κ2) is 5.31. The number of aliphatic carboxylic acids is 1. The monoisotopic (exact) mass is 278 g/mol. The van der Waals surface area contributed by atoms with E-state index in [1.165, 1.54) is 0 Å². The molecule has 2 rings (SSSR count). The van der Waals surface area contributed by atoms with Crippen LogP contribution < -0.4 is 0 Å². The van der Waals surface area contributed by atoms with Gasteiger partial charge in [0.1, 0.15) is 5.69 Å². The molecule has 1 aromatic heterocycles. The van der Waals surface area contributed by atoms with Gasteiger partial charge in [-0.15, -0.1) is 0 Å². The molecule has 110 valence electrons. The fraction of sp³-hybridized carbons (Fsp3) is 0.600. The van der Waals surface area contributed by atoms with E-state index >= 15 is 0 Å². The summed E-state index contributed by atoms with van der Waals surface area (Å²) in [6.07, 6.45) is 2.40. The van der Waals surface area contributed by atoms with Crippen LogP contribution in [0, 0.1) is 11.3 Å². The number of likely N-dealkylation sites (tertiary alicyclic amines) is 1. The number of nitrogens with zero attached hydrogens (tertiary/aromatic N) is 2. The maximum atomic E-state index is 12.5. The molecule has 0 saturated carbocycles. The molecule has 1 saturated heterocycles. The Balaban J connectivity index is 2.21.